The zero-order valence-corrected chi connectivity index (χ0v) is 28.9. The Morgan fingerprint density at radius 2 is 1.09 bits per heavy atom. The maximum Gasteiger partial charge on any atom is 0.283 e. The van der Waals surface area contributed by atoms with Crippen LogP contribution in [0, 0.1) is 11.6 Å². The summed E-state index contributed by atoms with van der Waals surface area (Å²) in [4.78, 5) is 8.96. The molecule has 0 radical (unpaired) electrons. The summed E-state index contributed by atoms with van der Waals surface area (Å²) in [5, 5.41) is 10.6. The summed E-state index contributed by atoms with van der Waals surface area (Å²) in [5.74, 6) is 0.804. The number of aliphatic hydroxyl groups is 1. The van der Waals surface area contributed by atoms with Crippen LogP contribution in [0.1, 0.15) is 33.4 Å². The Morgan fingerprint density at radius 3 is 1.48 bits per heavy atom. The van der Waals surface area contributed by atoms with Gasteiger partial charge in [-0.05, 0) is 71.8 Å². The molecule has 2 saturated heterocycles. The number of fused-ring (bicyclic) bond motifs is 8. The van der Waals surface area contributed by atoms with Crippen molar-refractivity contribution in [3.8, 4) is 34.5 Å². The van der Waals surface area contributed by atoms with Crippen molar-refractivity contribution in [3.05, 3.63) is 106 Å². The van der Waals surface area contributed by atoms with Gasteiger partial charge in [-0.3, -0.25) is 0 Å². The molecule has 4 aromatic carbocycles. The lowest BCUT2D eigenvalue weighted by Gasteiger charge is -2.39. The molecular weight excluding hydrogens is 713 g/mol. The average molecular weight is 747 g/mol. The first kappa shape index (κ1) is 34.1. The number of benzene rings is 4. The zero-order chi connectivity index (χ0) is 37.6. The maximum absolute atomic E-state index is 15.0. The fourth-order valence-electron chi connectivity index (χ4n) is 7.47. The smallest absolute Gasteiger partial charge is 0.283 e. The number of nitrogens with two attached hydrogens (primary N) is 2. The number of ether oxygens (including phenoxy) is 8. The number of alkyl halides is 1. The molecular formula is C38H33F3N4O9. The second kappa shape index (κ2) is 11.9. The van der Waals surface area contributed by atoms with Crippen LogP contribution >= 0.6 is 0 Å². The van der Waals surface area contributed by atoms with E-state index in [9.17, 15) is 18.3 Å². The van der Waals surface area contributed by atoms with Gasteiger partial charge >= 0.3 is 0 Å². The molecule has 0 amide bonds. The van der Waals surface area contributed by atoms with Gasteiger partial charge in [0.25, 0.3) is 12.0 Å². The minimum Gasteiger partial charge on any atom is -0.497 e. The first-order valence-electron chi connectivity index (χ1n) is 16.9. The predicted molar refractivity (Wildman–Crippen MR) is 184 cm³/mol. The van der Waals surface area contributed by atoms with Gasteiger partial charge in [0.15, 0.2) is 39.9 Å². The second-order valence-electron chi connectivity index (χ2n) is 13.8. The highest BCUT2D eigenvalue weighted by atomic mass is 19.1. The molecule has 0 aromatic heterocycles. The monoisotopic (exact) mass is 746 g/mol. The number of rotatable bonds is 4. The third kappa shape index (κ3) is 4.96. The summed E-state index contributed by atoms with van der Waals surface area (Å²) in [6.07, 6.45) is 0. The molecule has 54 heavy (non-hydrogen) atoms. The number of hydrogen-bond acceptors (Lipinski definition) is 13. The standard InChI is InChI=1S/C19H16F2N2O4.C19H17FN2O5/c1-24-11-2-3-15-12(6-11)19(9-26-17(22)23-19)13-4-10(18(21)7-25-8-18)5-14(20)16(13)27-15;1-24-11-2-3-15-12(6-11)19(9-26-17(21)22-19)13-4-10(18(23)7-25-8-18)5-14(20)16(13)27-15/h2-6H,7-9H2,1H3,(H2,22,23);2-6,23H,7-9H2,1H3,(H2,21,22)/t2*19-/m00/s1. The lowest BCUT2D eigenvalue weighted by Crippen LogP contribution is -2.47. The van der Waals surface area contributed by atoms with Crippen LogP contribution in [0.3, 0.4) is 0 Å². The minimum absolute atomic E-state index is 0.00752. The van der Waals surface area contributed by atoms with E-state index < -0.39 is 34.0 Å². The summed E-state index contributed by atoms with van der Waals surface area (Å²) >= 11 is 0. The van der Waals surface area contributed by atoms with Gasteiger partial charge in [-0.2, -0.15) is 0 Å². The van der Waals surface area contributed by atoms with E-state index in [2.05, 4.69) is 9.98 Å². The molecule has 16 heteroatoms. The molecule has 280 valence electrons. The fourth-order valence-corrected chi connectivity index (χ4v) is 7.47. The van der Waals surface area contributed by atoms with Crippen LogP contribution in [0.4, 0.5) is 13.2 Å². The SMILES string of the molecule is COc1ccc2c(c1)[C@@]1(COC(N)=N1)c1cc(C3(F)COC3)cc(F)c1O2.COc1ccc2c(c1)[C@@]1(COC(N)=N1)c1cc(C3(O)COC3)cc(F)c1O2. The molecule has 2 atom stereocenters. The summed E-state index contributed by atoms with van der Waals surface area (Å²) in [6, 6.07) is 16.0. The van der Waals surface area contributed by atoms with Gasteiger partial charge in [-0.1, -0.05) is 0 Å². The van der Waals surface area contributed by atoms with Crippen LogP contribution in [0.2, 0.25) is 0 Å². The normalized spacial score (nSPS) is 24.2. The van der Waals surface area contributed by atoms with Gasteiger partial charge in [0.2, 0.25) is 0 Å². The Labute approximate surface area is 305 Å². The molecule has 2 spiro atoms. The van der Waals surface area contributed by atoms with Gasteiger partial charge in [0.1, 0.15) is 41.8 Å². The predicted octanol–water partition coefficient (Wildman–Crippen LogP) is 4.47. The van der Waals surface area contributed by atoms with Crippen molar-refractivity contribution in [1.82, 2.24) is 0 Å². The van der Waals surface area contributed by atoms with Crippen LogP contribution in [0.25, 0.3) is 0 Å². The van der Waals surface area contributed by atoms with Gasteiger partial charge in [-0.25, -0.2) is 23.2 Å². The maximum atomic E-state index is 15.0. The third-order valence-electron chi connectivity index (χ3n) is 10.5. The highest BCUT2D eigenvalue weighted by molar-refractivity contribution is 5.78. The van der Waals surface area contributed by atoms with Gasteiger partial charge < -0.3 is 54.5 Å². The first-order valence-corrected chi connectivity index (χ1v) is 16.9. The van der Waals surface area contributed by atoms with E-state index in [1.165, 1.54) is 13.2 Å². The van der Waals surface area contributed by atoms with Crippen LogP contribution in [-0.4, -0.2) is 71.0 Å². The summed E-state index contributed by atoms with van der Waals surface area (Å²) in [5.41, 5.74) is 9.08. The van der Waals surface area contributed by atoms with Crippen molar-refractivity contribution >= 4 is 12.0 Å². The fraction of sp³-hybridized carbons (Fsp3) is 0.316. The number of aliphatic imine (C=N–C) groups is 2. The van der Waals surface area contributed by atoms with Crippen molar-refractivity contribution in [2.75, 3.05) is 53.9 Å². The van der Waals surface area contributed by atoms with Crippen LogP contribution in [0.15, 0.2) is 70.6 Å². The lowest BCUT2D eigenvalue weighted by molar-refractivity contribution is -0.184. The molecule has 0 bridgehead atoms. The van der Waals surface area contributed by atoms with Gasteiger partial charge in [0, 0.05) is 22.3 Å². The van der Waals surface area contributed by atoms with Crippen LogP contribution < -0.4 is 30.4 Å². The molecule has 6 aliphatic heterocycles. The molecule has 4 aromatic rings. The van der Waals surface area contributed by atoms with E-state index in [1.807, 2.05) is 0 Å². The third-order valence-corrected chi connectivity index (χ3v) is 10.5. The molecule has 6 aliphatic rings. The van der Waals surface area contributed by atoms with E-state index >= 15 is 0 Å². The first-order chi connectivity index (χ1) is 25.9. The van der Waals surface area contributed by atoms with Gasteiger partial charge in [-0.15, -0.1) is 0 Å². The van der Waals surface area contributed by atoms with Crippen molar-refractivity contribution in [1.29, 1.82) is 0 Å². The molecule has 13 nitrogen and oxygen atoms in total. The molecule has 2 fully saturated rings. The minimum atomic E-state index is -1.74. The quantitative estimate of drug-likeness (QED) is 0.269. The highest BCUT2D eigenvalue weighted by Gasteiger charge is 2.52. The van der Waals surface area contributed by atoms with E-state index in [0.29, 0.717) is 50.8 Å². The van der Waals surface area contributed by atoms with Crippen molar-refractivity contribution in [2.24, 2.45) is 21.5 Å². The average Bonchev–Trinajstić information content (AvgIpc) is 3.73. The molecule has 10 rings (SSSR count). The molecule has 6 heterocycles. The Balaban J connectivity index is 0.000000142. The van der Waals surface area contributed by atoms with Crippen LogP contribution in [0.5, 0.6) is 34.5 Å². The summed E-state index contributed by atoms with van der Waals surface area (Å²) < 4.78 is 88.0. The number of hydrogen-bond donors (Lipinski definition) is 3. The van der Waals surface area contributed by atoms with E-state index in [-0.39, 0.29) is 68.7 Å². The Bertz CT molecular complexity index is 2140. The number of nitrogens with zero attached hydrogens (tertiary/aromatic N) is 2. The molecule has 0 unspecified atom stereocenters. The van der Waals surface area contributed by atoms with Crippen molar-refractivity contribution in [3.63, 3.8) is 0 Å². The zero-order valence-electron chi connectivity index (χ0n) is 28.9. The van der Waals surface area contributed by atoms with Crippen molar-refractivity contribution in [2.45, 2.75) is 22.3 Å². The molecule has 0 aliphatic carbocycles. The lowest BCUT2D eigenvalue weighted by atomic mass is 9.78. The molecule has 5 N–H and O–H groups in total. The highest BCUT2D eigenvalue weighted by Crippen LogP contribution is 2.55. The number of amidine groups is 2. The van der Waals surface area contributed by atoms with Crippen LogP contribution in [-0.2, 0) is 41.3 Å². The molecule has 0 saturated carbocycles. The number of methoxy groups -OCH3 is 2. The summed E-state index contributed by atoms with van der Waals surface area (Å²) in [6.45, 7) is 0.106. The largest absolute Gasteiger partial charge is 0.497 e. The Kier molecular flexibility index (Phi) is 7.51. The second-order valence-corrected chi connectivity index (χ2v) is 13.8. The topological polar surface area (TPSA) is 171 Å². The van der Waals surface area contributed by atoms with E-state index in [4.69, 9.17) is 49.4 Å². The summed E-state index contributed by atoms with van der Waals surface area (Å²) in [7, 11) is 3.09. The number of halogens is 3. The van der Waals surface area contributed by atoms with Gasteiger partial charge in [0.05, 0.1) is 40.6 Å². The van der Waals surface area contributed by atoms with E-state index in [0.717, 1.165) is 6.07 Å². The Morgan fingerprint density at radius 1 is 0.630 bits per heavy atom. The van der Waals surface area contributed by atoms with E-state index in [1.54, 1.807) is 55.6 Å². The Hall–Kier alpha value is -5.71. The van der Waals surface area contributed by atoms with Crippen molar-refractivity contribution < 1.29 is 56.2 Å².